The lowest BCUT2D eigenvalue weighted by Gasteiger charge is -2.14. The van der Waals surface area contributed by atoms with Crippen molar-refractivity contribution in [1.29, 1.82) is 0 Å². The van der Waals surface area contributed by atoms with Gasteiger partial charge in [0.25, 0.3) is 0 Å². The molecule has 1 atom stereocenters. The molecular formula is C12H20N2S. The fraction of sp³-hybridized carbons (Fsp3) is 0.500. The Labute approximate surface area is 97.7 Å². The average Bonchev–Trinajstić information content (AvgIpc) is 2.23. The minimum absolute atomic E-state index is 0.686. The third-order valence-electron chi connectivity index (χ3n) is 2.69. The molecule has 0 amide bonds. The zero-order valence-electron chi connectivity index (χ0n) is 9.46. The monoisotopic (exact) mass is 224 g/mol. The number of nitrogens with two attached hydrogens (primary N) is 1. The van der Waals surface area contributed by atoms with Gasteiger partial charge in [-0.25, -0.2) is 0 Å². The molecule has 0 saturated carbocycles. The van der Waals surface area contributed by atoms with Crippen LogP contribution < -0.4 is 11.1 Å². The standard InChI is InChI=1S/C12H20N2S/c1-3-9(8-14-2)6-10-4-5-11(13)12(15)7-10/h4-5,7,9,14-15H,3,6,8,13H2,1-2H3. The van der Waals surface area contributed by atoms with Crippen molar-refractivity contribution < 1.29 is 0 Å². The predicted octanol–water partition coefficient (Wildman–Crippen LogP) is 2.35. The van der Waals surface area contributed by atoms with Crippen LogP contribution in [0, 0.1) is 5.92 Å². The van der Waals surface area contributed by atoms with E-state index in [1.165, 1.54) is 12.0 Å². The summed E-state index contributed by atoms with van der Waals surface area (Å²) in [7, 11) is 2.00. The summed E-state index contributed by atoms with van der Waals surface area (Å²) in [6.07, 6.45) is 2.28. The molecule has 1 rings (SSSR count). The van der Waals surface area contributed by atoms with Gasteiger partial charge < -0.3 is 11.1 Å². The highest BCUT2D eigenvalue weighted by Crippen LogP contribution is 2.20. The minimum Gasteiger partial charge on any atom is -0.398 e. The van der Waals surface area contributed by atoms with Gasteiger partial charge in [-0.3, -0.25) is 0 Å². The number of nitrogens with one attached hydrogen (secondary N) is 1. The number of hydrogen-bond acceptors (Lipinski definition) is 3. The van der Waals surface area contributed by atoms with Gasteiger partial charge in [0.1, 0.15) is 0 Å². The third kappa shape index (κ3) is 3.76. The Bertz CT molecular complexity index is 312. The molecule has 0 aliphatic carbocycles. The molecule has 1 unspecified atom stereocenters. The van der Waals surface area contributed by atoms with Gasteiger partial charge in [0.05, 0.1) is 0 Å². The quantitative estimate of drug-likeness (QED) is 0.530. The summed E-state index contributed by atoms with van der Waals surface area (Å²) in [4.78, 5) is 0.881. The van der Waals surface area contributed by atoms with Crippen molar-refractivity contribution in [3.63, 3.8) is 0 Å². The maximum absolute atomic E-state index is 5.72. The van der Waals surface area contributed by atoms with Crippen molar-refractivity contribution >= 4 is 18.3 Å². The molecule has 2 nitrogen and oxygen atoms in total. The number of thiol groups is 1. The molecule has 15 heavy (non-hydrogen) atoms. The molecule has 0 aromatic heterocycles. The highest BCUT2D eigenvalue weighted by Gasteiger charge is 2.07. The number of nitrogen functional groups attached to an aromatic ring is 1. The molecule has 0 aliphatic rings. The van der Waals surface area contributed by atoms with E-state index in [4.69, 9.17) is 5.73 Å². The first-order valence-electron chi connectivity index (χ1n) is 5.39. The van der Waals surface area contributed by atoms with Crippen LogP contribution in [0.4, 0.5) is 5.69 Å². The second-order valence-corrected chi connectivity index (χ2v) is 4.41. The Morgan fingerprint density at radius 3 is 2.73 bits per heavy atom. The van der Waals surface area contributed by atoms with Crippen LogP contribution in [0.2, 0.25) is 0 Å². The molecule has 0 heterocycles. The maximum Gasteiger partial charge on any atom is 0.0449 e. The Morgan fingerprint density at radius 2 is 2.20 bits per heavy atom. The summed E-state index contributed by atoms with van der Waals surface area (Å²) >= 11 is 4.33. The van der Waals surface area contributed by atoms with Gasteiger partial charge in [-0.1, -0.05) is 19.4 Å². The van der Waals surface area contributed by atoms with Gasteiger partial charge in [-0.15, -0.1) is 12.6 Å². The lowest BCUT2D eigenvalue weighted by atomic mass is 9.97. The highest BCUT2D eigenvalue weighted by molar-refractivity contribution is 7.80. The Balaban J connectivity index is 2.66. The van der Waals surface area contributed by atoms with Crippen molar-refractivity contribution in [2.45, 2.75) is 24.7 Å². The second-order valence-electron chi connectivity index (χ2n) is 3.93. The van der Waals surface area contributed by atoms with Crippen molar-refractivity contribution in [2.75, 3.05) is 19.3 Å². The molecule has 0 aliphatic heterocycles. The summed E-state index contributed by atoms with van der Waals surface area (Å²) in [5.74, 6) is 0.686. The smallest absolute Gasteiger partial charge is 0.0449 e. The Kier molecular flexibility index (Phi) is 4.99. The molecule has 0 radical (unpaired) electrons. The molecule has 1 aromatic carbocycles. The molecule has 0 fully saturated rings. The van der Waals surface area contributed by atoms with E-state index in [1.807, 2.05) is 13.1 Å². The van der Waals surface area contributed by atoms with Crippen molar-refractivity contribution in [2.24, 2.45) is 5.92 Å². The number of anilines is 1. The molecule has 1 aromatic rings. The van der Waals surface area contributed by atoms with Gasteiger partial charge in [0.2, 0.25) is 0 Å². The summed E-state index contributed by atoms with van der Waals surface area (Å²) in [6.45, 7) is 3.28. The van der Waals surface area contributed by atoms with Crippen LogP contribution in [0.1, 0.15) is 18.9 Å². The molecule has 3 N–H and O–H groups in total. The van der Waals surface area contributed by atoms with Crippen LogP contribution in [-0.4, -0.2) is 13.6 Å². The lowest BCUT2D eigenvalue weighted by molar-refractivity contribution is 0.481. The number of hydrogen-bond donors (Lipinski definition) is 3. The van der Waals surface area contributed by atoms with Crippen LogP contribution in [0.15, 0.2) is 23.1 Å². The average molecular weight is 224 g/mol. The molecule has 3 heteroatoms. The van der Waals surface area contributed by atoms with Crippen LogP contribution in [0.3, 0.4) is 0 Å². The summed E-state index contributed by atoms with van der Waals surface area (Å²) in [5.41, 5.74) is 7.79. The van der Waals surface area contributed by atoms with Crippen LogP contribution in [0.25, 0.3) is 0 Å². The molecule has 0 bridgehead atoms. The second kappa shape index (κ2) is 6.03. The number of rotatable bonds is 5. The largest absolute Gasteiger partial charge is 0.398 e. The van der Waals surface area contributed by atoms with Gasteiger partial charge in [-0.2, -0.15) is 0 Å². The van der Waals surface area contributed by atoms with E-state index in [2.05, 4.69) is 37.0 Å². The first-order chi connectivity index (χ1) is 7.17. The minimum atomic E-state index is 0.686. The van der Waals surface area contributed by atoms with Crippen molar-refractivity contribution in [3.05, 3.63) is 23.8 Å². The van der Waals surface area contributed by atoms with Crippen LogP contribution in [-0.2, 0) is 6.42 Å². The SMILES string of the molecule is CCC(CNC)Cc1ccc(N)c(S)c1. The third-order valence-corrected chi connectivity index (χ3v) is 3.08. The molecular weight excluding hydrogens is 204 g/mol. The van der Waals surface area contributed by atoms with Gasteiger partial charge in [0, 0.05) is 10.6 Å². The van der Waals surface area contributed by atoms with Gasteiger partial charge in [0.15, 0.2) is 0 Å². The lowest BCUT2D eigenvalue weighted by Crippen LogP contribution is -2.20. The van der Waals surface area contributed by atoms with Gasteiger partial charge >= 0.3 is 0 Å². The Hall–Kier alpha value is -0.670. The first-order valence-corrected chi connectivity index (χ1v) is 5.84. The maximum atomic E-state index is 5.72. The van der Waals surface area contributed by atoms with Gasteiger partial charge in [-0.05, 0) is 43.6 Å². The fourth-order valence-corrected chi connectivity index (χ4v) is 1.94. The predicted molar refractivity (Wildman–Crippen MR) is 69.5 cm³/mol. The van der Waals surface area contributed by atoms with Crippen molar-refractivity contribution in [1.82, 2.24) is 5.32 Å². The van der Waals surface area contributed by atoms with Crippen LogP contribution in [0.5, 0.6) is 0 Å². The van der Waals surface area contributed by atoms with E-state index in [9.17, 15) is 0 Å². The summed E-state index contributed by atoms with van der Waals surface area (Å²) < 4.78 is 0. The van der Waals surface area contributed by atoms with E-state index >= 15 is 0 Å². The zero-order valence-corrected chi connectivity index (χ0v) is 10.3. The van der Waals surface area contributed by atoms with E-state index in [-0.39, 0.29) is 0 Å². The molecule has 84 valence electrons. The topological polar surface area (TPSA) is 38.0 Å². The normalized spacial score (nSPS) is 12.7. The van der Waals surface area contributed by atoms with E-state index in [0.717, 1.165) is 23.5 Å². The Morgan fingerprint density at radius 1 is 1.47 bits per heavy atom. The molecule has 0 spiro atoms. The molecule has 0 saturated heterocycles. The first kappa shape index (κ1) is 12.4. The fourth-order valence-electron chi connectivity index (χ4n) is 1.70. The van der Waals surface area contributed by atoms with E-state index in [0.29, 0.717) is 5.92 Å². The van der Waals surface area contributed by atoms with E-state index < -0.39 is 0 Å². The van der Waals surface area contributed by atoms with E-state index in [1.54, 1.807) is 0 Å². The zero-order chi connectivity index (χ0) is 11.3. The van der Waals surface area contributed by atoms with Crippen molar-refractivity contribution in [3.8, 4) is 0 Å². The summed E-state index contributed by atoms with van der Waals surface area (Å²) in [5, 5.41) is 3.22. The number of benzene rings is 1. The highest BCUT2D eigenvalue weighted by atomic mass is 32.1. The van der Waals surface area contributed by atoms with Crippen LogP contribution >= 0.6 is 12.6 Å². The summed E-state index contributed by atoms with van der Waals surface area (Å²) in [6, 6.07) is 6.09.